The number of anilines is 1. The van der Waals surface area contributed by atoms with Crippen molar-refractivity contribution in [3.63, 3.8) is 0 Å². The summed E-state index contributed by atoms with van der Waals surface area (Å²) in [6, 6.07) is 16.4. The van der Waals surface area contributed by atoms with Gasteiger partial charge in [-0.25, -0.2) is 12.8 Å². The second kappa shape index (κ2) is 10.2. The fourth-order valence-electron chi connectivity index (χ4n) is 4.09. The summed E-state index contributed by atoms with van der Waals surface area (Å²) in [6.45, 7) is 3.55. The van der Waals surface area contributed by atoms with Crippen molar-refractivity contribution >= 4 is 38.4 Å². The Bertz CT molecular complexity index is 1590. The van der Waals surface area contributed by atoms with Gasteiger partial charge in [-0.15, -0.1) is 0 Å². The molecule has 1 heterocycles. The first kappa shape index (κ1) is 26.1. The molecule has 1 aromatic heterocycles. The summed E-state index contributed by atoms with van der Waals surface area (Å²) < 4.78 is 45.8. The van der Waals surface area contributed by atoms with E-state index in [1.807, 2.05) is 24.3 Å². The standard InChI is InChI=1S/C28H27FN2O5S/c1-5-25(33)27-23-14-22(19-8-6-18(7-9-19)16-30-17(2)32)24(31(3)37(4,34)35)15-26(23)36-28(27)20-10-12-21(29)13-11-20/h6-15H,5,16H2,1-4H3,(H,30,32). The molecule has 0 radical (unpaired) electrons. The van der Waals surface area contributed by atoms with Crippen molar-refractivity contribution in [3.8, 4) is 22.5 Å². The molecule has 1 amide bonds. The molecule has 4 rings (SSSR count). The second-order valence-corrected chi connectivity index (χ2v) is 10.8. The van der Waals surface area contributed by atoms with E-state index in [-0.39, 0.29) is 18.1 Å². The molecule has 0 atom stereocenters. The Morgan fingerprint density at radius 2 is 1.62 bits per heavy atom. The SMILES string of the molecule is CCC(=O)c1c(-c2ccc(F)cc2)oc2cc(N(C)S(C)(=O)=O)c(-c3ccc(CNC(C)=O)cc3)cc12. The molecule has 0 aliphatic heterocycles. The van der Waals surface area contributed by atoms with Gasteiger partial charge >= 0.3 is 0 Å². The second-order valence-electron chi connectivity index (χ2n) is 8.79. The van der Waals surface area contributed by atoms with Crippen molar-refractivity contribution in [3.05, 3.63) is 77.6 Å². The Morgan fingerprint density at radius 1 is 1.00 bits per heavy atom. The molecule has 0 aliphatic rings. The number of halogens is 1. The van der Waals surface area contributed by atoms with Crippen molar-refractivity contribution in [1.82, 2.24) is 5.32 Å². The smallest absolute Gasteiger partial charge is 0.232 e. The first-order valence-electron chi connectivity index (χ1n) is 11.7. The van der Waals surface area contributed by atoms with Gasteiger partial charge in [0.2, 0.25) is 15.9 Å². The van der Waals surface area contributed by atoms with Crippen LogP contribution in [-0.4, -0.2) is 33.4 Å². The number of fused-ring (bicyclic) bond motifs is 1. The van der Waals surface area contributed by atoms with E-state index in [0.717, 1.165) is 21.7 Å². The lowest BCUT2D eigenvalue weighted by Crippen LogP contribution is -2.25. The summed E-state index contributed by atoms with van der Waals surface area (Å²) in [6.07, 6.45) is 1.33. The minimum absolute atomic E-state index is 0.142. The highest BCUT2D eigenvalue weighted by Gasteiger charge is 2.25. The number of rotatable bonds is 8. The number of carbonyl (C=O) groups is 2. The Morgan fingerprint density at radius 3 is 2.19 bits per heavy atom. The molecule has 0 bridgehead atoms. The number of sulfonamides is 1. The van der Waals surface area contributed by atoms with Gasteiger partial charge < -0.3 is 9.73 Å². The van der Waals surface area contributed by atoms with Crippen LogP contribution in [0, 0.1) is 5.82 Å². The number of benzene rings is 3. The zero-order chi connectivity index (χ0) is 26.9. The fraction of sp³-hybridized carbons (Fsp3) is 0.214. The first-order chi connectivity index (χ1) is 17.5. The summed E-state index contributed by atoms with van der Waals surface area (Å²) in [4.78, 5) is 24.3. The Kier molecular flexibility index (Phi) is 7.18. The Labute approximate surface area is 215 Å². The Balaban J connectivity index is 1.96. The van der Waals surface area contributed by atoms with E-state index in [9.17, 15) is 22.4 Å². The van der Waals surface area contributed by atoms with E-state index in [4.69, 9.17) is 4.42 Å². The maximum atomic E-state index is 13.6. The topological polar surface area (TPSA) is 96.7 Å². The lowest BCUT2D eigenvalue weighted by atomic mass is 9.96. The number of ketones is 1. The molecule has 7 nitrogen and oxygen atoms in total. The highest BCUT2D eigenvalue weighted by atomic mass is 32.2. The van der Waals surface area contributed by atoms with Crippen LogP contribution in [0.2, 0.25) is 0 Å². The molecule has 0 spiro atoms. The normalized spacial score (nSPS) is 11.5. The molecule has 9 heteroatoms. The monoisotopic (exact) mass is 522 g/mol. The van der Waals surface area contributed by atoms with Crippen LogP contribution in [0.15, 0.2) is 65.1 Å². The third-order valence-electron chi connectivity index (χ3n) is 6.16. The quantitative estimate of drug-likeness (QED) is 0.307. The van der Waals surface area contributed by atoms with Crippen LogP contribution in [0.25, 0.3) is 33.4 Å². The highest BCUT2D eigenvalue weighted by Crippen LogP contribution is 2.41. The molecular formula is C28H27FN2O5S. The van der Waals surface area contributed by atoms with Crippen LogP contribution in [0.5, 0.6) is 0 Å². The lowest BCUT2D eigenvalue weighted by molar-refractivity contribution is -0.119. The van der Waals surface area contributed by atoms with Gasteiger partial charge in [-0.3, -0.25) is 13.9 Å². The number of furan rings is 1. The Hall–Kier alpha value is -3.98. The van der Waals surface area contributed by atoms with Gasteiger partial charge in [0.1, 0.15) is 17.2 Å². The number of Topliss-reactive ketones (excluding diaryl/α,β-unsaturated/α-hetero) is 1. The predicted octanol–water partition coefficient (Wildman–Crippen LogP) is 5.53. The van der Waals surface area contributed by atoms with Crippen molar-refractivity contribution in [2.45, 2.75) is 26.8 Å². The number of amides is 1. The van der Waals surface area contributed by atoms with Crippen molar-refractivity contribution < 1.29 is 26.8 Å². The van der Waals surface area contributed by atoms with E-state index in [0.29, 0.717) is 45.7 Å². The molecule has 37 heavy (non-hydrogen) atoms. The summed E-state index contributed by atoms with van der Waals surface area (Å²) >= 11 is 0. The number of carbonyl (C=O) groups excluding carboxylic acids is 2. The van der Waals surface area contributed by atoms with Gasteiger partial charge in [0.15, 0.2) is 5.78 Å². The van der Waals surface area contributed by atoms with Gasteiger partial charge in [0.05, 0.1) is 17.5 Å². The van der Waals surface area contributed by atoms with Crippen molar-refractivity contribution in [2.24, 2.45) is 0 Å². The summed E-state index contributed by atoms with van der Waals surface area (Å²) in [5.74, 6) is -0.405. The molecule has 1 N–H and O–H groups in total. The van der Waals surface area contributed by atoms with E-state index >= 15 is 0 Å². The molecule has 4 aromatic rings. The summed E-state index contributed by atoms with van der Waals surface area (Å²) in [5.41, 5.74) is 3.80. The molecular weight excluding hydrogens is 495 g/mol. The van der Waals surface area contributed by atoms with Crippen LogP contribution < -0.4 is 9.62 Å². The first-order valence-corrected chi connectivity index (χ1v) is 13.5. The maximum absolute atomic E-state index is 13.6. The zero-order valence-corrected chi connectivity index (χ0v) is 21.8. The van der Waals surface area contributed by atoms with Crippen LogP contribution >= 0.6 is 0 Å². The van der Waals surface area contributed by atoms with Crippen LogP contribution in [0.4, 0.5) is 10.1 Å². The predicted molar refractivity (Wildman–Crippen MR) is 142 cm³/mol. The van der Waals surface area contributed by atoms with Gasteiger partial charge in [0.25, 0.3) is 0 Å². The van der Waals surface area contributed by atoms with Crippen molar-refractivity contribution in [1.29, 1.82) is 0 Å². The molecule has 0 aliphatic carbocycles. The summed E-state index contributed by atoms with van der Waals surface area (Å²) in [5, 5.41) is 3.28. The van der Waals surface area contributed by atoms with Crippen LogP contribution in [-0.2, 0) is 21.4 Å². The van der Waals surface area contributed by atoms with Gasteiger partial charge in [-0.1, -0.05) is 31.2 Å². The van der Waals surface area contributed by atoms with E-state index in [1.54, 1.807) is 19.1 Å². The zero-order valence-electron chi connectivity index (χ0n) is 21.0. The van der Waals surface area contributed by atoms with Gasteiger partial charge in [-0.2, -0.15) is 0 Å². The average Bonchev–Trinajstić information content (AvgIpc) is 3.24. The van der Waals surface area contributed by atoms with Crippen molar-refractivity contribution in [2.75, 3.05) is 17.6 Å². The van der Waals surface area contributed by atoms with Gasteiger partial charge in [0, 0.05) is 49.5 Å². The minimum atomic E-state index is -3.63. The third kappa shape index (κ3) is 5.41. The van der Waals surface area contributed by atoms with Gasteiger partial charge in [-0.05, 0) is 41.5 Å². The minimum Gasteiger partial charge on any atom is -0.455 e. The fourth-order valence-corrected chi connectivity index (χ4v) is 4.60. The molecule has 0 saturated heterocycles. The average molecular weight is 523 g/mol. The van der Waals surface area contributed by atoms with Crippen LogP contribution in [0.1, 0.15) is 36.2 Å². The molecule has 192 valence electrons. The molecule has 0 unspecified atom stereocenters. The summed E-state index contributed by atoms with van der Waals surface area (Å²) in [7, 11) is -2.18. The largest absolute Gasteiger partial charge is 0.455 e. The number of nitrogens with zero attached hydrogens (tertiary/aromatic N) is 1. The number of nitrogens with one attached hydrogen (secondary N) is 1. The van der Waals surface area contributed by atoms with Crippen LogP contribution in [0.3, 0.4) is 0 Å². The lowest BCUT2D eigenvalue weighted by Gasteiger charge is -2.21. The molecule has 0 fully saturated rings. The van der Waals surface area contributed by atoms with E-state index in [1.165, 1.54) is 38.2 Å². The molecule has 0 saturated carbocycles. The molecule has 3 aromatic carbocycles. The number of hydrogen-bond acceptors (Lipinski definition) is 5. The highest BCUT2D eigenvalue weighted by molar-refractivity contribution is 7.92. The van der Waals surface area contributed by atoms with E-state index < -0.39 is 15.8 Å². The maximum Gasteiger partial charge on any atom is 0.232 e. The van der Waals surface area contributed by atoms with E-state index in [2.05, 4.69) is 5.32 Å². The number of hydrogen-bond donors (Lipinski definition) is 1. The third-order valence-corrected chi connectivity index (χ3v) is 7.35.